The third-order valence-corrected chi connectivity index (χ3v) is 5.40. The van der Waals surface area contributed by atoms with E-state index in [0.717, 1.165) is 6.26 Å². The number of hydrogen-bond donors (Lipinski definition) is 0. The molecule has 0 spiro atoms. The Morgan fingerprint density at radius 2 is 1.96 bits per heavy atom. The molecule has 2 aromatic rings. The van der Waals surface area contributed by atoms with Gasteiger partial charge in [0.2, 0.25) is 20.9 Å². The van der Waals surface area contributed by atoms with Gasteiger partial charge in [0, 0.05) is 48.8 Å². The summed E-state index contributed by atoms with van der Waals surface area (Å²) in [5, 5.41) is 0.571. The SMILES string of the molecule is CC(=O)N1CCc2nc(S(C)(=O)=O)nc(-c3ccc(Cl)cc3Cl)c2C1. The van der Waals surface area contributed by atoms with E-state index in [1.54, 1.807) is 23.1 Å². The molecule has 1 aliphatic heterocycles. The van der Waals surface area contributed by atoms with Gasteiger partial charge in [0.1, 0.15) is 0 Å². The second-order valence-electron chi connectivity index (χ2n) is 5.87. The summed E-state index contributed by atoms with van der Waals surface area (Å²) < 4.78 is 23.9. The van der Waals surface area contributed by atoms with Crippen LogP contribution in [0.25, 0.3) is 11.3 Å². The Morgan fingerprint density at radius 1 is 1.24 bits per heavy atom. The summed E-state index contributed by atoms with van der Waals surface area (Å²) in [6.07, 6.45) is 1.52. The maximum Gasteiger partial charge on any atom is 0.247 e. The summed E-state index contributed by atoms with van der Waals surface area (Å²) in [7, 11) is -3.59. The van der Waals surface area contributed by atoms with E-state index in [1.165, 1.54) is 6.92 Å². The van der Waals surface area contributed by atoms with Crippen LogP contribution >= 0.6 is 23.2 Å². The van der Waals surface area contributed by atoms with Gasteiger partial charge in [-0.2, -0.15) is 0 Å². The number of aromatic nitrogens is 2. The molecule has 9 heteroatoms. The van der Waals surface area contributed by atoms with Crippen LogP contribution in [0.2, 0.25) is 10.0 Å². The van der Waals surface area contributed by atoms with E-state index in [1.807, 2.05) is 0 Å². The number of carbonyl (C=O) groups is 1. The van der Waals surface area contributed by atoms with Gasteiger partial charge in [-0.1, -0.05) is 23.2 Å². The van der Waals surface area contributed by atoms with Crippen LogP contribution in [0.15, 0.2) is 23.4 Å². The van der Waals surface area contributed by atoms with E-state index in [-0.39, 0.29) is 11.1 Å². The molecule has 0 unspecified atom stereocenters. The van der Waals surface area contributed by atoms with Gasteiger partial charge in [0.15, 0.2) is 0 Å². The number of carbonyl (C=O) groups excluding carboxylic acids is 1. The highest BCUT2D eigenvalue weighted by atomic mass is 35.5. The number of fused-ring (bicyclic) bond motifs is 1. The fourth-order valence-corrected chi connectivity index (χ4v) is 3.76. The molecular weight excluding hydrogens is 385 g/mol. The number of amides is 1. The molecule has 1 aromatic heterocycles. The fraction of sp³-hybridized carbons (Fsp3) is 0.312. The largest absolute Gasteiger partial charge is 0.338 e. The summed E-state index contributed by atoms with van der Waals surface area (Å²) >= 11 is 12.2. The molecule has 3 rings (SSSR count). The van der Waals surface area contributed by atoms with Crippen LogP contribution in [0.1, 0.15) is 18.2 Å². The van der Waals surface area contributed by atoms with Crippen molar-refractivity contribution in [2.75, 3.05) is 12.8 Å². The van der Waals surface area contributed by atoms with E-state index in [4.69, 9.17) is 23.2 Å². The fourth-order valence-electron chi connectivity index (χ4n) is 2.73. The highest BCUT2D eigenvalue weighted by molar-refractivity contribution is 7.90. The van der Waals surface area contributed by atoms with E-state index < -0.39 is 9.84 Å². The second-order valence-corrected chi connectivity index (χ2v) is 8.62. The Bertz CT molecular complexity index is 977. The molecule has 0 saturated carbocycles. The quantitative estimate of drug-likeness (QED) is 0.725. The predicted molar refractivity (Wildman–Crippen MR) is 95.4 cm³/mol. The predicted octanol–water partition coefficient (Wildman–Crippen LogP) is 2.76. The average molecular weight is 400 g/mol. The van der Waals surface area contributed by atoms with Crippen molar-refractivity contribution in [3.05, 3.63) is 39.5 Å². The number of nitrogens with zero attached hydrogens (tertiary/aromatic N) is 3. The molecule has 1 aliphatic rings. The van der Waals surface area contributed by atoms with Gasteiger partial charge >= 0.3 is 0 Å². The van der Waals surface area contributed by atoms with E-state index in [0.29, 0.717) is 52.1 Å². The minimum absolute atomic E-state index is 0.0639. The maximum absolute atomic E-state index is 12.0. The first-order valence-corrected chi connectivity index (χ1v) is 10.1. The molecule has 25 heavy (non-hydrogen) atoms. The number of hydrogen-bond acceptors (Lipinski definition) is 5. The van der Waals surface area contributed by atoms with Crippen LogP contribution in [0.4, 0.5) is 0 Å². The topological polar surface area (TPSA) is 80.2 Å². The van der Waals surface area contributed by atoms with Crippen molar-refractivity contribution in [3.63, 3.8) is 0 Å². The van der Waals surface area contributed by atoms with Gasteiger partial charge in [-0.25, -0.2) is 18.4 Å². The van der Waals surface area contributed by atoms with Crippen LogP contribution in [-0.4, -0.2) is 42.0 Å². The minimum atomic E-state index is -3.59. The molecule has 132 valence electrons. The van der Waals surface area contributed by atoms with Crippen LogP contribution in [0.3, 0.4) is 0 Å². The lowest BCUT2D eigenvalue weighted by molar-refractivity contribution is -0.129. The van der Waals surface area contributed by atoms with Crippen molar-refractivity contribution >= 4 is 38.9 Å². The second kappa shape index (κ2) is 6.55. The Kier molecular flexibility index (Phi) is 4.74. The van der Waals surface area contributed by atoms with Crippen LogP contribution < -0.4 is 0 Å². The molecule has 1 amide bonds. The van der Waals surface area contributed by atoms with Crippen molar-refractivity contribution in [3.8, 4) is 11.3 Å². The van der Waals surface area contributed by atoms with Gasteiger partial charge in [-0.15, -0.1) is 0 Å². The molecule has 2 heterocycles. The minimum Gasteiger partial charge on any atom is -0.338 e. The molecule has 1 aromatic carbocycles. The Labute approximate surface area is 155 Å². The smallest absolute Gasteiger partial charge is 0.247 e. The van der Waals surface area contributed by atoms with Gasteiger partial charge in [-0.05, 0) is 18.2 Å². The molecule has 0 bridgehead atoms. The summed E-state index contributed by atoms with van der Waals surface area (Å²) in [6, 6.07) is 4.91. The first kappa shape index (κ1) is 18.1. The van der Waals surface area contributed by atoms with Crippen molar-refractivity contribution in [1.29, 1.82) is 0 Å². The van der Waals surface area contributed by atoms with Crippen molar-refractivity contribution in [2.24, 2.45) is 0 Å². The van der Waals surface area contributed by atoms with Crippen molar-refractivity contribution < 1.29 is 13.2 Å². The molecule has 0 fully saturated rings. The Morgan fingerprint density at radius 3 is 2.56 bits per heavy atom. The van der Waals surface area contributed by atoms with Crippen LogP contribution in [-0.2, 0) is 27.6 Å². The normalized spacial score (nSPS) is 14.3. The van der Waals surface area contributed by atoms with Crippen molar-refractivity contribution in [1.82, 2.24) is 14.9 Å². The first-order valence-electron chi connectivity index (χ1n) is 7.47. The molecule has 0 aliphatic carbocycles. The Hall–Kier alpha value is -1.70. The standard InChI is InChI=1S/C16H15Cl2N3O3S/c1-9(22)21-6-5-14-12(8-21)15(20-16(19-14)25(2,23)24)11-4-3-10(17)7-13(11)18/h3-4,7H,5-6,8H2,1-2H3. The summed E-state index contributed by atoms with van der Waals surface area (Å²) in [4.78, 5) is 21.9. The number of rotatable bonds is 2. The van der Waals surface area contributed by atoms with E-state index >= 15 is 0 Å². The summed E-state index contributed by atoms with van der Waals surface area (Å²) in [5.41, 5.74) is 2.30. The number of sulfone groups is 1. The molecule has 6 nitrogen and oxygen atoms in total. The molecule has 0 atom stereocenters. The van der Waals surface area contributed by atoms with Gasteiger partial charge in [0.05, 0.1) is 16.4 Å². The zero-order valence-corrected chi connectivity index (χ0v) is 15.9. The van der Waals surface area contributed by atoms with Crippen molar-refractivity contribution in [2.45, 2.75) is 25.0 Å². The zero-order chi connectivity index (χ0) is 18.4. The third-order valence-electron chi connectivity index (χ3n) is 4.00. The Balaban J connectivity index is 2.26. The molecular formula is C16H15Cl2N3O3S. The highest BCUT2D eigenvalue weighted by Crippen LogP contribution is 2.34. The lowest BCUT2D eigenvalue weighted by Crippen LogP contribution is -2.35. The first-order chi connectivity index (χ1) is 11.7. The molecule has 0 N–H and O–H groups in total. The number of halogens is 2. The van der Waals surface area contributed by atoms with Gasteiger partial charge < -0.3 is 4.90 Å². The van der Waals surface area contributed by atoms with E-state index in [2.05, 4.69) is 9.97 Å². The lowest BCUT2D eigenvalue weighted by atomic mass is 9.99. The van der Waals surface area contributed by atoms with Gasteiger partial charge in [-0.3, -0.25) is 4.79 Å². The number of benzene rings is 1. The highest BCUT2D eigenvalue weighted by Gasteiger charge is 2.27. The van der Waals surface area contributed by atoms with E-state index in [9.17, 15) is 13.2 Å². The maximum atomic E-state index is 12.0. The summed E-state index contributed by atoms with van der Waals surface area (Å²) in [5.74, 6) is -0.0639. The van der Waals surface area contributed by atoms with Crippen LogP contribution in [0, 0.1) is 0 Å². The third kappa shape index (κ3) is 3.63. The van der Waals surface area contributed by atoms with Gasteiger partial charge in [0.25, 0.3) is 0 Å². The van der Waals surface area contributed by atoms with Crippen LogP contribution in [0.5, 0.6) is 0 Å². The molecule has 0 saturated heterocycles. The molecule has 0 radical (unpaired) electrons. The average Bonchev–Trinajstić information content (AvgIpc) is 2.52. The zero-order valence-electron chi connectivity index (χ0n) is 13.6. The summed E-state index contributed by atoms with van der Waals surface area (Å²) in [6.45, 7) is 2.28. The monoisotopic (exact) mass is 399 g/mol. The lowest BCUT2D eigenvalue weighted by Gasteiger charge is -2.29.